The molecule has 0 aromatic rings. The zero-order chi connectivity index (χ0) is 11.8. The normalized spacial score (nSPS) is 16.8. The molecule has 0 aliphatic heterocycles. The lowest BCUT2D eigenvalue weighted by atomic mass is 9.95. The summed E-state index contributed by atoms with van der Waals surface area (Å²) < 4.78 is 0. The minimum atomic E-state index is -0.152. The Morgan fingerprint density at radius 1 is 1.06 bits per heavy atom. The lowest BCUT2D eigenvalue weighted by molar-refractivity contribution is -0.126. The Labute approximate surface area is 96.4 Å². The summed E-state index contributed by atoms with van der Waals surface area (Å²) in [5.41, 5.74) is 0. The highest BCUT2D eigenvalue weighted by molar-refractivity contribution is 5.85. The molecule has 1 aliphatic rings. The van der Waals surface area contributed by atoms with Crippen molar-refractivity contribution in [2.24, 2.45) is 0 Å². The van der Waals surface area contributed by atoms with Crippen molar-refractivity contribution in [1.82, 2.24) is 16.0 Å². The molecule has 0 saturated heterocycles. The number of carbonyl (C=O) groups is 2. The molecule has 92 valence electrons. The fourth-order valence-corrected chi connectivity index (χ4v) is 1.93. The first kappa shape index (κ1) is 13.0. The first-order valence-electron chi connectivity index (χ1n) is 5.93. The van der Waals surface area contributed by atoms with E-state index in [2.05, 4.69) is 16.0 Å². The maximum Gasteiger partial charge on any atom is 0.239 e. The van der Waals surface area contributed by atoms with Gasteiger partial charge in [-0.25, -0.2) is 0 Å². The third-order valence-electron chi connectivity index (χ3n) is 2.75. The number of amides is 2. The predicted molar refractivity (Wildman–Crippen MR) is 62.0 cm³/mol. The topological polar surface area (TPSA) is 70.2 Å². The van der Waals surface area contributed by atoms with Gasteiger partial charge in [0.2, 0.25) is 11.8 Å². The van der Waals surface area contributed by atoms with Crippen LogP contribution in [0.15, 0.2) is 0 Å². The molecule has 2 amide bonds. The van der Waals surface area contributed by atoms with Crippen molar-refractivity contribution < 1.29 is 9.59 Å². The molecule has 1 saturated carbocycles. The summed E-state index contributed by atoms with van der Waals surface area (Å²) in [4.78, 5) is 22.6. The highest BCUT2D eigenvalue weighted by atomic mass is 16.2. The number of hydrogen-bond acceptors (Lipinski definition) is 3. The molecule has 1 aliphatic carbocycles. The molecule has 0 unspecified atom stereocenters. The van der Waals surface area contributed by atoms with Gasteiger partial charge in [-0.2, -0.15) is 0 Å². The molecule has 3 N–H and O–H groups in total. The second-order valence-corrected chi connectivity index (χ2v) is 4.21. The zero-order valence-electron chi connectivity index (χ0n) is 9.84. The standard InChI is InChI=1S/C11H21N3O2/c1-12-7-10(15)13-8-11(16)14-9-5-3-2-4-6-9/h9,12H,2-8H2,1H3,(H,13,15)(H,14,16). The average molecular weight is 227 g/mol. The number of nitrogens with one attached hydrogen (secondary N) is 3. The summed E-state index contributed by atoms with van der Waals surface area (Å²) in [7, 11) is 1.70. The first-order chi connectivity index (χ1) is 7.72. The highest BCUT2D eigenvalue weighted by Crippen LogP contribution is 2.16. The SMILES string of the molecule is CNCC(=O)NCC(=O)NC1CCCCC1. The van der Waals surface area contributed by atoms with E-state index < -0.39 is 0 Å². The molecular formula is C11H21N3O2. The lowest BCUT2D eigenvalue weighted by Gasteiger charge is -2.22. The number of hydrogen-bond donors (Lipinski definition) is 3. The number of rotatable bonds is 5. The third kappa shape index (κ3) is 5.11. The van der Waals surface area contributed by atoms with E-state index >= 15 is 0 Å². The third-order valence-corrected chi connectivity index (χ3v) is 2.75. The van der Waals surface area contributed by atoms with Gasteiger partial charge in [-0.05, 0) is 19.9 Å². The summed E-state index contributed by atoms with van der Waals surface area (Å²) >= 11 is 0. The Kier molecular flexibility index (Phi) is 5.85. The second kappa shape index (κ2) is 7.22. The molecule has 16 heavy (non-hydrogen) atoms. The fourth-order valence-electron chi connectivity index (χ4n) is 1.93. The van der Waals surface area contributed by atoms with Gasteiger partial charge >= 0.3 is 0 Å². The van der Waals surface area contributed by atoms with Crippen molar-refractivity contribution >= 4 is 11.8 Å². The van der Waals surface area contributed by atoms with Crippen molar-refractivity contribution in [3.05, 3.63) is 0 Å². The maximum atomic E-state index is 11.5. The van der Waals surface area contributed by atoms with Crippen molar-refractivity contribution in [1.29, 1.82) is 0 Å². The summed E-state index contributed by atoms with van der Waals surface area (Å²) in [6.07, 6.45) is 5.78. The Hall–Kier alpha value is -1.10. The quantitative estimate of drug-likeness (QED) is 0.607. The minimum Gasteiger partial charge on any atom is -0.352 e. The number of carbonyl (C=O) groups excluding carboxylic acids is 2. The molecule has 0 heterocycles. The van der Waals surface area contributed by atoms with Crippen LogP contribution in [0.1, 0.15) is 32.1 Å². The van der Waals surface area contributed by atoms with Gasteiger partial charge < -0.3 is 16.0 Å². The van der Waals surface area contributed by atoms with E-state index in [1.165, 1.54) is 19.3 Å². The van der Waals surface area contributed by atoms with Crippen LogP contribution in [0.4, 0.5) is 0 Å². The van der Waals surface area contributed by atoms with Crippen LogP contribution in [0.3, 0.4) is 0 Å². The van der Waals surface area contributed by atoms with Crippen LogP contribution in [-0.2, 0) is 9.59 Å². The van der Waals surface area contributed by atoms with Gasteiger partial charge in [0.1, 0.15) is 0 Å². The van der Waals surface area contributed by atoms with Crippen LogP contribution in [0.2, 0.25) is 0 Å². The van der Waals surface area contributed by atoms with Gasteiger partial charge in [0.15, 0.2) is 0 Å². The molecule has 0 radical (unpaired) electrons. The maximum absolute atomic E-state index is 11.5. The smallest absolute Gasteiger partial charge is 0.239 e. The predicted octanol–water partition coefficient (Wildman–Crippen LogP) is -0.229. The molecule has 0 bridgehead atoms. The highest BCUT2D eigenvalue weighted by Gasteiger charge is 2.15. The van der Waals surface area contributed by atoms with Crippen molar-refractivity contribution in [2.75, 3.05) is 20.1 Å². The fraction of sp³-hybridized carbons (Fsp3) is 0.818. The Morgan fingerprint density at radius 3 is 2.38 bits per heavy atom. The molecule has 1 fully saturated rings. The van der Waals surface area contributed by atoms with Crippen LogP contribution in [-0.4, -0.2) is 38.0 Å². The zero-order valence-corrected chi connectivity index (χ0v) is 9.84. The van der Waals surface area contributed by atoms with Crippen LogP contribution < -0.4 is 16.0 Å². The van der Waals surface area contributed by atoms with Gasteiger partial charge in [-0.3, -0.25) is 9.59 Å². The van der Waals surface area contributed by atoms with Crippen molar-refractivity contribution in [3.63, 3.8) is 0 Å². The van der Waals surface area contributed by atoms with Gasteiger partial charge in [0, 0.05) is 6.04 Å². The van der Waals surface area contributed by atoms with E-state index in [9.17, 15) is 9.59 Å². The first-order valence-corrected chi connectivity index (χ1v) is 5.93. The molecule has 5 nitrogen and oxygen atoms in total. The van der Waals surface area contributed by atoms with Gasteiger partial charge in [-0.15, -0.1) is 0 Å². The van der Waals surface area contributed by atoms with E-state index in [4.69, 9.17) is 0 Å². The van der Waals surface area contributed by atoms with Gasteiger partial charge in [0.05, 0.1) is 13.1 Å². The van der Waals surface area contributed by atoms with Gasteiger partial charge in [0.25, 0.3) is 0 Å². The summed E-state index contributed by atoms with van der Waals surface area (Å²) in [6.45, 7) is 0.327. The van der Waals surface area contributed by atoms with Crippen LogP contribution in [0.5, 0.6) is 0 Å². The summed E-state index contributed by atoms with van der Waals surface area (Å²) in [5, 5.41) is 8.23. The van der Waals surface area contributed by atoms with E-state index in [-0.39, 0.29) is 24.9 Å². The Balaban J connectivity index is 2.12. The monoisotopic (exact) mass is 227 g/mol. The van der Waals surface area contributed by atoms with Crippen LogP contribution >= 0.6 is 0 Å². The Bertz CT molecular complexity index is 237. The molecule has 0 aromatic heterocycles. The van der Waals surface area contributed by atoms with Crippen LogP contribution in [0, 0.1) is 0 Å². The van der Waals surface area contributed by atoms with E-state index in [0.717, 1.165) is 12.8 Å². The summed E-state index contributed by atoms with van der Waals surface area (Å²) in [5.74, 6) is -0.238. The van der Waals surface area contributed by atoms with Crippen molar-refractivity contribution in [2.45, 2.75) is 38.1 Å². The Morgan fingerprint density at radius 2 is 1.75 bits per heavy atom. The minimum absolute atomic E-state index is 0.0804. The molecular weight excluding hydrogens is 206 g/mol. The summed E-state index contributed by atoms with van der Waals surface area (Å²) in [6, 6.07) is 0.308. The second-order valence-electron chi connectivity index (χ2n) is 4.21. The van der Waals surface area contributed by atoms with E-state index in [0.29, 0.717) is 6.04 Å². The average Bonchev–Trinajstić information content (AvgIpc) is 2.28. The van der Waals surface area contributed by atoms with Crippen LogP contribution in [0.25, 0.3) is 0 Å². The molecule has 0 atom stereocenters. The van der Waals surface area contributed by atoms with E-state index in [1.54, 1.807) is 7.05 Å². The molecule has 0 aromatic carbocycles. The van der Waals surface area contributed by atoms with Gasteiger partial charge in [-0.1, -0.05) is 19.3 Å². The molecule has 1 rings (SSSR count). The van der Waals surface area contributed by atoms with Crippen molar-refractivity contribution in [3.8, 4) is 0 Å². The number of likely N-dealkylation sites (N-methyl/N-ethyl adjacent to an activating group) is 1. The largest absolute Gasteiger partial charge is 0.352 e. The lowest BCUT2D eigenvalue weighted by Crippen LogP contribution is -2.44. The molecule has 0 spiro atoms. The molecule has 5 heteroatoms. The van der Waals surface area contributed by atoms with E-state index in [1.807, 2.05) is 0 Å².